The van der Waals surface area contributed by atoms with Gasteiger partial charge in [-0.15, -0.1) is 0 Å². The topological polar surface area (TPSA) is 107 Å². The molecule has 8 nitrogen and oxygen atoms in total. The normalized spacial score (nSPS) is 9.90. The first-order valence-electron chi connectivity index (χ1n) is 6.00. The van der Waals surface area contributed by atoms with Gasteiger partial charge in [0.05, 0.1) is 13.7 Å². The van der Waals surface area contributed by atoms with Gasteiger partial charge in [0.2, 0.25) is 11.9 Å². The highest BCUT2D eigenvalue weighted by Crippen LogP contribution is 2.10. The summed E-state index contributed by atoms with van der Waals surface area (Å²) in [5.74, 6) is 6.66. The third kappa shape index (κ3) is 3.95. The molecule has 106 valence electrons. The Morgan fingerprint density at radius 3 is 2.55 bits per heavy atom. The van der Waals surface area contributed by atoms with Crippen LogP contribution in [0, 0.1) is 0 Å². The van der Waals surface area contributed by atoms with Crippen LogP contribution in [-0.2, 0) is 0 Å². The molecule has 1 aromatic carbocycles. The first-order chi connectivity index (χ1) is 9.81. The van der Waals surface area contributed by atoms with Gasteiger partial charge in [0.15, 0.2) is 0 Å². The largest absolute Gasteiger partial charge is 0.492 e. The van der Waals surface area contributed by atoms with Crippen molar-refractivity contribution in [3.05, 3.63) is 30.3 Å². The molecule has 0 aliphatic carbocycles. The molecule has 1 heterocycles. The highest BCUT2D eigenvalue weighted by molar-refractivity contribution is 5.34. The summed E-state index contributed by atoms with van der Waals surface area (Å²) in [5, 5.41) is 3.00. The fraction of sp³-hybridized carbons (Fsp3) is 0.250. The van der Waals surface area contributed by atoms with Gasteiger partial charge in [0.1, 0.15) is 12.4 Å². The third-order valence-electron chi connectivity index (χ3n) is 2.32. The smallest absolute Gasteiger partial charge is 0.322 e. The number of aromatic nitrogens is 3. The predicted octanol–water partition coefficient (Wildman–Crippen LogP) is 0.657. The Bertz CT molecular complexity index is 514. The summed E-state index contributed by atoms with van der Waals surface area (Å²) in [6, 6.07) is 9.73. The lowest BCUT2D eigenvalue weighted by molar-refractivity contribution is 0.332. The zero-order valence-corrected chi connectivity index (χ0v) is 11.0. The Hall–Kier alpha value is -2.61. The molecule has 4 N–H and O–H groups in total. The molecule has 0 aliphatic heterocycles. The second-order valence-corrected chi connectivity index (χ2v) is 3.70. The molecule has 0 atom stereocenters. The second kappa shape index (κ2) is 7.10. The van der Waals surface area contributed by atoms with Crippen LogP contribution in [0.5, 0.6) is 11.8 Å². The molecular formula is C12H16N6O2. The zero-order valence-electron chi connectivity index (χ0n) is 11.0. The van der Waals surface area contributed by atoms with Crippen LogP contribution in [-0.4, -0.2) is 35.2 Å². The SMILES string of the molecule is COc1nc(NN)nc(NCCOc2ccccc2)n1. The Labute approximate surface area is 116 Å². The monoisotopic (exact) mass is 276 g/mol. The highest BCUT2D eigenvalue weighted by Gasteiger charge is 2.05. The first kappa shape index (κ1) is 13.8. The van der Waals surface area contributed by atoms with E-state index in [-0.39, 0.29) is 12.0 Å². The molecule has 0 radical (unpaired) electrons. The Kier molecular flexibility index (Phi) is 4.90. The van der Waals surface area contributed by atoms with Gasteiger partial charge in [-0.25, -0.2) is 5.84 Å². The zero-order chi connectivity index (χ0) is 14.2. The van der Waals surface area contributed by atoms with Gasteiger partial charge < -0.3 is 14.8 Å². The molecule has 0 aliphatic rings. The lowest BCUT2D eigenvalue weighted by Crippen LogP contribution is -2.17. The number of methoxy groups -OCH3 is 1. The number of nitrogens with zero attached hydrogens (tertiary/aromatic N) is 3. The predicted molar refractivity (Wildman–Crippen MR) is 74.6 cm³/mol. The molecule has 20 heavy (non-hydrogen) atoms. The maximum Gasteiger partial charge on any atom is 0.322 e. The third-order valence-corrected chi connectivity index (χ3v) is 2.32. The van der Waals surface area contributed by atoms with E-state index in [1.165, 1.54) is 7.11 Å². The van der Waals surface area contributed by atoms with Crippen molar-refractivity contribution in [3.63, 3.8) is 0 Å². The first-order valence-corrected chi connectivity index (χ1v) is 6.00. The molecule has 0 saturated carbocycles. The number of hydrogen-bond donors (Lipinski definition) is 3. The molecule has 0 saturated heterocycles. The van der Waals surface area contributed by atoms with E-state index in [2.05, 4.69) is 25.7 Å². The number of para-hydroxylation sites is 1. The van der Waals surface area contributed by atoms with Crippen molar-refractivity contribution in [2.75, 3.05) is 31.0 Å². The maximum absolute atomic E-state index is 5.54. The number of ether oxygens (including phenoxy) is 2. The van der Waals surface area contributed by atoms with Crippen LogP contribution in [0.3, 0.4) is 0 Å². The van der Waals surface area contributed by atoms with Crippen molar-refractivity contribution in [3.8, 4) is 11.8 Å². The molecule has 1 aromatic heterocycles. The van der Waals surface area contributed by atoms with Crippen LogP contribution < -0.4 is 26.1 Å². The molecule has 0 amide bonds. The molecular weight excluding hydrogens is 260 g/mol. The van der Waals surface area contributed by atoms with Gasteiger partial charge in [-0.3, -0.25) is 5.43 Å². The van der Waals surface area contributed by atoms with Gasteiger partial charge in [0, 0.05) is 0 Å². The van der Waals surface area contributed by atoms with E-state index in [0.29, 0.717) is 19.1 Å². The van der Waals surface area contributed by atoms with Crippen LogP contribution >= 0.6 is 0 Å². The molecule has 0 spiro atoms. The minimum Gasteiger partial charge on any atom is -0.492 e. The lowest BCUT2D eigenvalue weighted by Gasteiger charge is -2.09. The fourth-order valence-corrected chi connectivity index (χ4v) is 1.44. The van der Waals surface area contributed by atoms with E-state index in [4.69, 9.17) is 15.3 Å². The van der Waals surface area contributed by atoms with Gasteiger partial charge in [-0.1, -0.05) is 18.2 Å². The van der Waals surface area contributed by atoms with Crippen LogP contribution in [0.1, 0.15) is 0 Å². The summed E-state index contributed by atoms with van der Waals surface area (Å²) in [7, 11) is 1.47. The average Bonchev–Trinajstić information content (AvgIpc) is 2.52. The van der Waals surface area contributed by atoms with Gasteiger partial charge in [-0.05, 0) is 12.1 Å². The molecule has 8 heteroatoms. The van der Waals surface area contributed by atoms with Gasteiger partial charge in [0.25, 0.3) is 0 Å². The van der Waals surface area contributed by atoms with E-state index in [1.54, 1.807) is 0 Å². The summed E-state index contributed by atoms with van der Waals surface area (Å²) < 4.78 is 10.5. The average molecular weight is 276 g/mol. The quantitative estimate of drug-likeness (QED) is 0.384. The van der Waals surface area contributed by atoms with Crippen molar-refractivity contribution in [1.29, 1.82) is 0 Å². The number of hydrazine groups is 1. The number of nitrogen functional groups attached to an aromatic ring is 1. The van der Waals surface area contributed by atoms with E-state index in [0.717, 1.165) is 5.75 Å². The van der Waals surface area contributed by atoms with E-state index < -0.39 is 0 Å². The van der Waals surface area contributed by atoms with Gasteiger partial charge >= 0.3 is 6.01 Å². The van der Waals surface area contributed by atoms with Crippen LogP contribution in [0.2, 0.25) is 0 Å². The van der Waals surface area contributed by atoms with Crippen LogP contribution in [0.15, 0.2) is 30.3 Å². The van der Waals surface area contributed by atoms with Crippen molar-refractivity contribution in [1.82, 2.24) is 15.0 Å². The molecule has 2 rings (SSSR count). The lowest BCUT2D eigenvalue weighted by atomic mass is 10.3. The standard InChI is InChI=1S/C12H16N6O2/c1-19-12-16-10(15-11(17-12)18-13)14-7-8-20-9-5-3-2-4-6-9/h2-6H,7-8,13H2,1H3,(H2,14,15,16,17,18). The highest BCUT2D eigenvalue weighted by atomic mass is 16.5. The van der Waals surface area contributed by atoms with Crippen molar-refractivity contribution >= 4 is 11.9 Å². The number of rotatable bonds is 7. The fourth-order valence-electron chi connectivity index (χ4n) is 1.44. The number of nitrogens with one attached hydrogen (secondary N) is 2. The maximum atomic E-state index is 5.54. The number of hydrogen-bond acceptors (Lipinski definition) is 8. The molecule has 0 fully saturated rings. The minimum absolute atomic E-state index is 0.180. The van der Waals surface area contributed by atoms with E-state index >= 15 is 0 Å². The van der Waals surface area contributed by atoms with E-state index in [1.807, 2.05) is 30.3 Å². The van der Waals surface area contributed by atoms with Crippen LogP contribution in [0.4, 0.5) is 11.9 Å². The number of benzene rings is 1. The Morgan fingerprint density at radius 2 is 1.85 bits per heavy atom. The van der Waals surface area contributed by atoms with E-state index in [9.17, 15) is 0 Å². The summed E-state index contributed by atoms with van der Waals surface area (Å²) in [5.41, 5.74) is 2.34. The Morgan fingerprint density at radius 1 is 1.10 bits per heavy atom. The summed E-state index contributed by atoms with van der Waals surface area (Å²) in [6.07, 6.45) is 0. The molecule has 0 bridgehead atoms. The van der Waals surface area contributed by atoms with Crippen molar-refractivity contribution < 1.29 is 9.47 Å². The summed E-state index contributed by atoms with van der Waals surface area (Å²) in [4.78, 5) is 12.0. The molecule has 2 aromatic rings. The summed E-state index contributed by atoms with van der Waals surface area (Å²) in [6.45, 7) is 1.01. The number of nitrogens with two attached hydrogens (primary N) is 1. The van der Waals surface area contributed by atoms with Gasteiger partial charge in [-0.2, -0.15) is 15.0 Å². The number of anilines is 2. The molecule has 0 unspecified atom stereocenters. The van der Waals surface area contributed by atoms with Crippen molar-refractivity contribution in [2.45, 2.75) is 0 Å². The van der Waals surface area contributed by atoms with Crippen molar-refractivity contribution in [2.24, 2.45) is 5.84 Å². The minimum atomic E-state index is 0.180. The van der Waals surface area contributed by atoms with Crippen LogP contribution in [0.25, 0.3) is 0 Å². The Balaban J connectivity index is 1.84. The second-order valence-electron chi connectivity index (χ2n) is 3.70. The summed E-state index contributed by atoms with van der Waals surface area (Å²) >= 11 is 0.